The van der Waals surface area contributed by atoms with Gasteiger partial charge in [-0.05, 0) is 42.3 Å². The van der Waals surface area contributed by atoms with Crippen molar-refractivity contribution in [1.29, 1.82) is 5.26 Å². The van der Waals surface area contributed by atoms with Gasteiger partial charge in [0.15, 0.2) is 0 Å². The van der Waals surface area contributed by atoms with Gasteiger partial charge in [0.05, 0.1) is 17.5 Å². The lowest BCUT2D eigenvalue weighted by atomic mass is 10.1. The number of imide groups is 1. The Kier molecular flexibility index (Phi) is 7.71. The Labute approximate surface area is 191 Å². The number of hydrogen-bond acceptors (Lipinski definition) is 6. The molecular weight excluding hydrogens is 422 g/mol. The minimum Gasteiger partial charge on any atom is -0.426 e. The van der Waals surface area contributed by atoms with Crippen molar-refractivity contribution in [2.75, 3.05) is 13.1 Å². The summed E-state index contributed by atoms with van der Waals surface area (Å²) in [5.74, 6) is -1.61. The lowest BCUT2D eigenvalue weighted by Crippen LogP contribution is -2.32. The maximum Gasteiger partial charge on any atom is 0.312 e. The first-order chi connectivity index (χ1) is 15.9. The summed E-state index contributed by atoms with van der Waals surface area (Å²) in [6.07, 6.45) is 3.07. The molecule has 1 aliphatic rings. The molecule has 3 rings (SSSR count). The zero-order valence-corrected chi connectivity index (χ0v) is 18.2. The summed E-state index contributed by atoms with van der Waals surface area (Å²) in [4.78, 5) is 50.0. The monoisotopic (exact) mass is 445 g/mol. The summed E-state index contributed by atoms with van der Waals surface area (Å²) in [5.41, 5.74) is 1.24. The van der Waals surface area contributed by atoms with Crippen LogP contribution in [0.3, 0.4) is 0 Å². The molecule has 1 heterocycles. The van der Waals surface area contributed by atoms with Crippen LogP contribution in [0.5, 0.6) is 5.75 Å². The normalized spacial score (nSPS) is 12.8. The number of carbonyl (C=O) groups excluding carboxylic acids is 4. The molecule has 8 heteroatoms. The van der Waals surface area contributed by atoms with Gasteiger partial charge in [0.1, 0.15) is 17.4 Å². The van der Waals surface area contributed by atoms with Crippen molar-refractivity contribution in [2.24, 2.45) is 0 Å². The average Bonchev–Trinajstić information content (AvgIpc) is 3.07. The molecule has 0 aliphatic carbocycles. The first-order valence-electron chi connectivity index (χ1n) is 10.6. The highest BCUT2D eigenvalue weighted by molar-refractivity contribution is 6.21. The zero-order valence-electron chi connectivity index (χ0n) is 18.2. The number of esters is 1. The molecule has 2 aromatic carbocycles. The van der Waals surface area contributed by atoms with Crippen molar-refractivity contribution in [3.8, 4) is 11.8 Å². The van der Waals surface area contributed by atoms with Crippen molar-refractivity contribution < 1.29 is 23.9 Å². The Morgan fingerprint density at radius 2 is 1.70 bits per heavy atom. The first kappa shape index (κ1) is 23.4. The molecular formula is C25H23N3O5. The molecule has 0 atom stereocenters. The number of unbranched alkanes of at least 4 members (excludes halogenated alkanes) is 1. The third-order valence-corrected chi connectivity index (χ3v) is 5.02. The van der Waals surface area contributed by atoms with Crippen LogP contribution in [-0.4, -0.2) is 41.7 Å². The van der Waals surface area contributed by atoms with Crippen molar-refractivity contribution in [2.45, 2.75) is 26.2 Å². The quantitative estimate of drug-likeness (QED) is 0.158. The van der Waals surface area contributed by atoms with Gasteiger partial charge in [0, 0.05) is 13.1 Å². The molecule has 8 nitrogen and oxygen atoms in total. The Hall–Kier alpha value is -4.25. The molecule has 3 amide bonds. The second-order valence-corrected chi connectivity index (χ2v) is 7.38. The fourth-order valence-corrected chi connectivity index (χ4v) is 3.25. The fourth-order valence-electron chi connectivity index (χ4n) is 3.25. The van der Waals surface area contributed by atoms with Gasteiger partial charge in [-0.3, -0.25) is 24.1 Å². The predicted octanol–water partition coefficient (Wildman–Crippen LogP) is 3.10. The summed E-state index contributed by atoms with van der Waals surface area (Å²) >= 11 is 0. The van der Waals surface area contributed by atoms with Gasteiger partial charge in [0.2, 0.25) is 0 Å². The summed E-state index contributed by atoms with van der Waals surface area (Å²) in [6, 6.07) is 14.7. The molecule has 0 bridgehead atoms. The Morgan fingerprint density at radius 3 is 2.27 bits per heavy atom. The second kappa shape index (κ2) is 10.9. The van der Waals surface area contributed by atoms with Crippen LogP contribution in [0.15, 0.2) is 54.1 Å². The van der Waals surface area contributed by atoms with E-state index in [0.717, 1.165) is 17.7 Å². The lowest BCUT2D eigenvalue weighted by molar-refractivity contribution is -0.134. The van der Waals surface area contributed by atoms with Crippen LogP contribution in [0.2, 0.25) is 0 Å². The standard InChI is InChI=1S/C25H23N3O5/c1-2-3-13-27-23(30)18(16-26)15-17-8-10-19(11-9-17)33-22(29)12-14-28-24(31)20-6-4-5-7-21(20)25(28)32/h4-11,15H,2-3,12-14H2,1H3,(H,27,30)/b18-15+. The van der Waals surface area contributed by atoms with E-state index in [1.807, 2.05) is 13.0 Å². The molecule has 1 N–H and O–H groups in total. The van der Waals surface area contributed by atoms with E-state index in [2.05, 4.69) is 5.32 Å². The fraction of sp³-hybridized carbons (Fsp3) is 0.240. The maximum absolute atomic E-state index is 12.3. The van der Waals surface area contributed by atoms with Crippen LogP contribution in [0, 0.1) is 11.3 Å². The first-order valence-corrected chi connectivity index (χ1v) is 10.6. The van der Waals surface area contributed by atoms with E-state index in [1.54, 1.807) is 36.4 Å². The minimum atomic E-state index is -0.595. The van der Waals surface area contributed by atoms with Crippen molar-refractivity contribution in [3.05, 3.63) is 70.8 Å². The number of fused-ring (bicyclic) bond motifs is 1. The van der Waals surface area contributed by atoms with Crippen LogP contribution >= 0.6 is 0 Å². The number of ether oxygens (including phenoxy) is 1. The van der Waals surface area contributed by atoms with Crippen LogP contribution in [0.25, 0.3) is 6.08 Å². The average molecular weight is 445 g/mol. The van der Waals surface area contributed by atoms with Crippen LogP contribution in [0.1, 0.15) is 52.5 Å². The largest absolute Gasteiger partial charge is 0.426 e. The summed E-state index contributed by atoms with van der Waals surface area (Å²) in [6.45, 7) is 2.43. The van der Waals surface area contributed by atoms with E-state index in [4.69, 9.17) is 4.74 Å². The number of nitrogens with zero attached hydrogens (tertiary/aromatic N) is 2. The lowest BCUT2D eigenvalue weighted by Gasteiger charge is -2.13. The Bertz CT molecular complexity index is 1110. The number of rotatable bonds is 9. The SMILES string of the molecule is CCCCNC(=O)/C(C#N)=C/c1ccc(OC(=O)CCN2C(=O)c3ccccc3C2=O)cc1. The molecule has 33 heavy (non-hydrogen) atoms. The predicted molar refractivity (Wildman–Crippen MR) is 120 cm³/mol. The number of benzene rings is 2. The van der Waals surface area contributed by atoms with E-state index in [1.165, 1.54) is 18.2 Å². The molecule has 0 saturated carbocycles. The van der Waals surface area contributed by atoms with Crippen LogP contribution in [0.4, 0.5) is 0 Å². The minimum absolute atomic E-state index is 0.0169. The number of amides is 3. The molecule has 0 unspecified atom stereocenters. The molecule has 168 valence electrons. The van der Waals surface area contributed by atoms with Gasteiger partial charge in [0.25, 0.3) is 17.7 Å². The van der Waals surface area contributed by atoms with Gasteiger partial charge < -0.3 is 10.1 Å². The molecule has 0 aromatic heterocycles. The summed E-state index contributed by atoms with van der Waals surface area (Å²) < 4.78 is 5.27. The van der Waals surface area contributed by atoms with E-state index in [-0.39, 0.29) is 24.3 Å². The zero-order chi connectivity index (χ0) is 23.8. The highest BCUT2D eigenvalue weighted by Crippen LogP contribution is 2.22. The number of nitrogens with one attached hydrogen (secondary N) is 1. The molecule has 0 fully saturated rings. The Morgan fingerprint density at radius 1 is 1.06 bits per heavy atom. The molecule has 0 saturated heterocycles. The smallest absolute Gasteiger partial charge is 0.312 e. The molecule has 1 aliphatic heterocycles. The third kappa shape index (κ3) is 5.71. The van der Waals surface area contributed by atoms with Gasteiger partial charge in [-0.1, -0.05) is 37.6 Å². The van der Waals surface area contributed by atoms with Gasteiger partial charge in [-0.2, -0.15) is 5.26 Å². The highest BCUT2D eigenvalue weighted by atomic mass is 16.5. The molecule has 0 spiro atoms. The van der Waals surface area contributed by atoms with E-state index >= 15 is 0 Å². The third-order valence-electron chi connectivity index (χ3n) is 5.02. The highest BCUT2D eigenvalue weighted by Gasteiger charge is 2.35. The van der Waals surface area contributed by atoms with Gasteiger partial charge >= 0.3 is 5.97 Å². The number of hydrogen-bond donors (Lipinski definition) is 1. The molecule has 2 aromatic rings. The molecule has 0 radical (unpaired) electrons. The second-order valence-electron chi connectivity index (χ2n) is 7.38. The summed E-state index contributed by atoms with van der Waals surface area (Å²) in [5, 5.41) is 11.9. The van der Waals surface area contributed by atoms with E-state index in [0.29, 0.717) is 23.2 Å². The van der Waals surface area contributed by atoms with Gasteiger partial charge in [-0.15, -0.1) is 0 Å². The van der Waals surface area contributed by atoms with Crippen LogP contribution in [-0.2, 0) is 9.59 Å². The maximum atomic E-state index is 12.3. The summed E-state index contributed by atoms with van der Waals surface area (Å²) in [7, 11) is 0. The van der Waals surface area contributed by atoms with Gasteiger partial charge in [-0.25, -0.2) is 0 Å². The number of carbonyl (C=O) groups is 4. The van der Waals surface area contributed by atoms with Crippen molar-refractivity contribution in [3.63, 3.8) is 0 Å². The number of nitriles is 1. The van der Waals surface area contributed by atoms with Crippen LogP contribution < -0.4 is 10.1 Å². The van der Waals surface area contributed by atoms with E-state index in [9.17, 15) is 24.4 Å². The van der Waals surface area contributed by atoms with Crippen molar-refractivity contribution >= 4 is 29.8 Å². The van der Waals surface area contributed by atoms with E-state index < -0.39 is 23.7 Å². The topological polar surface area (TPSA) is 117 Å². The van der Waals surface area contributed by atoms with Crippen molar-refractivity contribution in [1.82, 2.24) is 10.2 Å². The Balaban J connectivity index is 1.54.